The van der Waals surface area contributed by atoms with Crippen molar-refractivity contribution in [2.24, 2.45) is 0 Å². The molecule has 2 amide bonds. The van der Waals surface area contributed by atoms with Crippen LogP contribution in [0, 0.1) is 0 Å². The Morgan fingerprint density at radius 1 is 0.906 bits per heavy atom. The van der Waals surface area contributed by atoms with Gasteiger partial charge < -0.3 is 15.4 Å². The van der Waals surface area contributed by atoms with Crippen LogP contribution in [0.4, 0.5) is 11.4 Å². The summed E-state index contributed by atoms with van der Waals surface area (Å²) in [5.41, 5.74) is 2.51. The number of anilines is 2. The van der Waals surface area contributed by atoms with E-state index in [0.717, 1.165) is 10.0 Å². The Morgan fingerprint density at radius 3 is 2.38 bits per heavy atom. The maximum Gasteiger partial charge on any atom is 0.262 e. The third-order valence-corrected chi connectivity index (χ3v) is 4.74. The van der Waals surface area contributed by atoms with Gasteiger partial charge in [0.2, 0.25) is 5.91 Å². The first kappa shape index (κ1) is 23.0. The van der Waals surface area contributed by atoms with Crippen molar-refractivity contribution in [3.8, 4) is 5.75 Å². The average Bonchev–Trinajstić information content (AvgIpc) is 2.77. The molecule has 0 saturated carbocycles. The third kappa shape index (κ3) is 7.21. The molecule has 0 aliphatic carbocycles. The fraction of sp³-hybridized carbons (Fsp3) is 0.0800. The van der Waals surface area contributed by atoms with Crippen LogP contribution in [0.25, 0.3) is 6.08 Å². The summed E-state index contributed by atoms with van der Waals surface area (Å²) >= 11 is 3.40. The van der Waals surface area contributed by atoms with Crippen LogP contribution in [0.15, 0.2) is 83.3 Å². The molecule has 0 aromatic heterocycles. The summed E-state index contributed by atoms with van der Waals surface area (Å²) in [5.74, 6) is -0.194. The third-order valence-electron chi connectivity index (χ3n) is 4.25. The molecule has 6 nitrogen and oxygen atoms in total. The topological polar surface area (TPSA) is 84.5 Å². The Morgan fingerprint density at radius 2 is 1.66 bits per heavy atom. The standard InChI is InChI=1S/C25H21BrN2O4/c1-17(29)27-21-9-11-23(12-10-21)32-16-25(31)28-22-7-3-5-19(15-22)24(30)13-8-18-4-2-6-20(26)14-18/h2-15H,16H2,1H3,(H,27,29)(H,28,31)/b13-8+. The van der Waals surface area contributed by atoms with E-state index in [-0.39, 0.29) is 24.2 Å². The first-order chi connectivity index (χ1) is 15.4. The maximum atomic E-state index is 12.5. The van der Waals surface area contributed by atoms with Crippen molar-refractivity contribution in [2.75, 3.05) is 17.2 Å². The molecule has 7 heteroatoms. The fourth-order valence-electron chi connectivity index (χ4n) is 2.81. The van der Waals surface area contributed by atoms with Crippen LogP contribution in [0.1, 0.15) is 22.8 Å². The molecule has 3 aromatic rings. The summed E-state index contributed by atoms with van der Waals surface area (Å²) in [7, 11) is 0. The monoisotopic (exact) mass is 492 g/mol. The number of benzene rings is 3. The number of ether oxygens (including phenoxy) is 1. The number of hydrogen-bond acceptors (Lipinski definition) is 4. The molecule has 2 N–H and O–H groups in total. The average molecular weight is 493 g/mol. The summed E-state index contributed by atoms with van der Waals surface area (Å²) < 4.78 is 6.40. The molecule has 0 bridgehead atoms. The van der Waals surface area contributed by atoms with Crippen molar-refractivity contribution in [3.05, 3.63) is 94.5 Å². The molecule has 3 rings (SSSR count). The summed E-state index contributed by atoms with van der Waals surface area (Å²) in [5, 5.41) is 5.38. The Bertz CT molecular complexity index is 1160. The van der Waals surface area contributed by atoms with Crippen LogP contribution in [0.5, 0.6) is 5.75 Å². The van der Waals surface area contributed by atoms with Crippen molar-refractivity contribution < 1.29 is 19.1 Å². The zero-order chi connectivity index (χ0) is 22.9. The lowest BCUT2D eigenvalue weighted by Gasteiger charge is -2.09. The fourth-order valence-corrected chi connectivity index (χ4v) is 3.23. The van der Waals surface area contributed by atoms with E-state index < -0.39 is 0 Å². The summed E-state index contributed by atoms with van der Waals surface area (Å²) in [6, 6.07) is 21.0. The Hall–Kier alpha value is -3.71. The van der Waals surface area contributed by atoms with Gasteiger partial charge in [-0.3, -0.25) is 14.4 Å². The number of amides is 2. The Labute approximate surface area is 194 Å². The molecule has 0 radical (unpaired) electrons. The second kappa shape index (κ2) is 11.1. The van der Waals surface area contributed by atoms with E-state index in [1.54, 1.807) is 54.6 Å². The minimum absolute atomic E-state index is 0.164. The van der Waals surface area contributed by atoms with Crippen LogP contribution < -0.4 is 15.4 Å². The normalized spacial score (nSPS) is 10.6. The molecule has 0 unspecified atom stereocenters. The minimum atomic E-state index is -0.356. The molecule has 32 heavy (non-hydrogen) atoms. The van der Waals surface area contributed by atoms with Crippen LogP contribution in [-0.2, 0) is 9.59 Å². The van der Waals surface area contributed by atoms with Crippen LogP contribution in [0.3, 0.4) is 0 Å². The number of hydrogen-bond donors (Lipinski definition) is 2. The van der Waals surface area contributed by atoms with E-state index in [9.17, 15) is 14.4 Å². The molecule has 3 aromatic carbocycles. The number of ketones is 1. The van der Waals surface area contributed by atoms with Gasteiger partial charge in [-0.2, -0.15) is 0 Å². The number of rotatable bonds is 8. The van der Waals surface area contributed by atoms with Gasteiger partial charge in [0.25, 0.3) is 5.91 Å². The van der Waals surface area contributed by atoms with Crippen molar-refractivity contribution in [3.63, 3.8) is 0 Å². The molecular formula is C25H21BrN2O4. The SMILES string of the molecule is CC(=O)Nc1ccc(OCC(=O)Nc2cccc(C(=O)/C=C/c3cccc(Br)c3)c2)cc1. The smallest absolute Gasteiger partial charge is 0.262 e. The number of carbonyl (C=O) groups excluding carboxylic acids is 3. The molecule has 0 fully saturated rings. The van der Waals surface area contributed by atoms with Crippen LogP contribution in [0.2, 0.25) is 0 Å². The van der Waals surface area contributed by atoms with E-state index >= 15 is 0 Å². The summed E-state index contributed by atoms with van der Waals surface area (Å²) in [6.07, 6.45) is 3.24. The van der Waals surface area contributed by atoms with E-state index in [2.05, 4.69) is 26.6 Å². The van der Waals surface area contributed by atoms with Crippen LogP contribution in [-0.4, -0.2) is 24.2 Å². The van der Waals surface area contributed by atoms with Crippen LogP contribution >= 0.6 is 15.9 Å². The van der Waals surface area contributed by atoms with Gasteiger partial charge >= 0.3 is 0 Å². The number of nitrogens with one attached hydrogen (secondary N) is 2. The van der Waals surface area contributed by atoms with Gasteiger partial charge in [-0.05, 0) is 60.2 Å². The summed E-state index contributed by atoms with van der Waals surface area (Å²) in [6.45, 7) is 1.23. The predicted molar refractivity (Wildman–Crippen MR) is 129 cm³/mol. The molecule has 0 saturated heterocycles. The van der Waals surface area contributed by atoms with Gasteiger partial charge in [0.1, 0.15) is 5.75 Å². The number of carbonyl (C=O) groups is 3. The Kier molecular flexibility index (Phi) is 7.94. The second-order valence-electron chi connectivity index (χ2n) is 6.88. The van der Waals surface area contributed by atoms with Crippen molar-refractivity contribution in [2.45, 2.75) is 6.92 Å². The first-order valence-corrected chi connectivity index (χ1v) is 10.6. The van der Waals surface area contributed by atoms with Crippen molar-refractivity contribution in [1.82, 2.24) is 0 Å². The van der Waals surface area contributed by atoms with Gasteiger partial charge in [-0.25, -0.2) is 0 Å². The van der Waals surface area contributed by atoms with Gasteiger partial charge in [0.05, 0.1) is 0 Å². The van der Waals surface area contributed by atoms with Crippen molar-refractivity contribution in [1.29, 1.82) is 0 Å². The van der Waals surface area contributed by atoms with Gasteiger partial charge in [-0.1, -0.05) is 46.3 Å². The maximum absolute atomic E-state index is 12.5. The predicted octanol–water partition coefficient (Wildman–Crippen LogP) is 5.32. The van der Waals surface area contributed by atoms with Gasteiger partial charge in [-0.15, -0.1) is 0 Å². The van der Waals surface area contributed by atoms with E-state index in [1.807, 2.05) is 24.3 Å². The molecule has 0 spiro atoms. The molecule has 162 valence electrons. The van der Waals surface area contributed by atoms with E-state index in [4.69, 9.17) is 4.74 Å². The quantitative estimate of drug-likeness (QED) is 0.329. The van der Waals surface area contributed by atoms with Crippen molar-refractivity contribution >= 4 is 51.0 Å². The highest BCUT2D eigenvalue weighted by Gasteiger charge is 2.07. The van der Waals surface area contributed by atoms with Gasteiger partial charge in [0, 0.05) is 28.3 Å². The molecule has 0 aliphatic heterocycles. The Balaban J connectivity index is 1.55. The number of allylic oxidation sites excluding steroid dienone is 1. The second-order valence-corrected chi connectivity index (χ2v) is 7.79. The molecular weight excluding hydrogens is 472 g/mol. The largest absolute Gasteiger partial charge is 0.484 e. The first-order valence-electron chi connectivity index (χ1n) is 9.77. The molecule has 0 heterocycles. The highest BCUT2D eigenvalue weighted by Crippen LogP contribution is 2.17. The van der Waals surface area contributed by atoms with Gasteiger partial charge in [0.15, 0.2) is 12.4 Å². The number of halogens is 1. The van der Waals surface area contributed by atoms with E-state index in [1.165, 1.54) is 13.0 Å². The highest BCUT2D eigenvalue weighted by molar-refractivity contribution is 9.10. The lowest BCUT2D eigenvalue weighted by molar-refractivity contribution is -0.118. The lowest BCUT2D eigenvalue weighted by atomic mass is 10.1. The highest BCUT2D eigenvalue weighted by atomic mass is 79.9. The summed E-state index contributed by atoms with van der Waals surface area (Å²) in [4.78, 5) is 35.8. The molecule has 0 atom stereocenters. The lowest BCUT2D eigenvalue weighted by Crippen LogP contribution is -2.20. The molecule has 0 aliphatic rings. The van der Waals surface area contributed by atoms with E-state index in [0.29, 0.717) is 22.7 Å². The zero-order valence-electron chi connectivity index (χ0n) is 17.3. The minimum Gasteiger partial charge on any atom is -0.484 e. The zero-order valence-corrected chi connectivity index (χ0v) is 18.9.